The van der Waals surface area contributed by atoms with Crippen LogP contribution in [0.25, 0.3) is 0 Å². The SMILES string of the molecule is COC(=O)c1ccccc1COc1ccc(F)cc1Cl. The van der Waals surface area contributed by atoms with E-state index in [-0.39, 0.29) is 11.6 Å². The zero-order valence-electron chi connectivity index (χ0n) is 10.7. The topological polar surface area (TPSA) is 35.5 Å². The van der Waals surface area contributed by atoms with Crippen molar-refractivity contribution in [1.29, 1.82) is 0 Å². The molecule has 0 atom stereocenters. The van der Waals surface area contributed by atoms with Gasteiger partial charge < -0.3 is 9.47 Å². The van der Waals surface area contributed by atoms with E-state index in [1.165, 1.54) is 25.3 Å². The number of hydrogen-bond acceptors (Lipinski definition) is 3. The third kappa shape index (κ3) is 3.27. The summed E-state index contributed by atoms with van der Waals surface area (Å²) < 4.78 is 23.1. The summed E-state index contributed by atoms with van der Waals surface area (Å²) in [6, 6.07) is 10.8. The predicted molar refractivity (Wildman–Crippen MR) is 73.5 cm³/mol. The molecule has 2 aromatic rings. The highest BCUT2D eigenvalue weighted by Gasteiger charge is 2.12. The van der Waals surface area contributed by atoms with Gasteiger partial charge in [-0.3, -0.25) is 0 Å². The lowest BCUT2D eigenvalue weighted by Crippen LogP contribution is -2.07. The van der Waals surface area contributed by atoms with E-state index in [2.05, 4.69) is 0 Å². The number of esters is 1. The van der Waals surface area contributed by atoms with Crippen LogP contribution in [0.4, 0.5) is 4.39 Å². The summed E-state index contributed by atoms with van der Waals surface area (Å²) in [6.07, 6.45) is 0. The van der Waals surface area contributed by atoms with Crippen LogP contribution >= 0.6 is 11.6 Å². The minimum Gasteiger partial charge on any atom is -0.487 e. The third-order valence-electron chi connectivity index (χ3n) is 2.70. The van der Waals surface area contributed by atoms with Crippen molar-refractivity contribution in [3.63, 3.8) is 0 Å². The van der Waals surface area contributed by atoms with Crippen LogP contribution in [0.2, 0.25) is 5.02 Å². The molecule has 0 spiro atoms. The largest absolute Gasteiger partial charge is 0.487 e. The van der Waals surface area contributed by atoms with Gasteiger partial charge >= 0.3 is 5.97 Å². The highest BCUT2D eigenvalue weighted by atomic mass is 35.5. The molecule has 5 heteroatoms. The summed E-state index contributed by atoms with van der Waals surface area (Å²) >= 11 is 5.87. The molecule has 0 saturated carbocycles. The van der Waals surface area contributed by atoms with Crippen molar-refractivity contribution < 1.29 is 18.7 Å². The number of carbonyl (C=O) groups excluding carboxylic acids is 1. The molecule has 0 amide bonds. The Hall–Kier alpha value is -2.07. The Balaban J connectivity index is 2.17. The van der Waals surface area contributed by atoms with E-state index < -0.39 is 11.8 Å². The number of carbonyl (C=O) groups is 1. The molecule has 3 nitrogen and oxygen atoms in total. The van der Waals surface area contributed by atoms with Crippen LogP contribution in [0.3, 0.4) is 0 Å². The molecule has 20 heavy (non-hydrogen) atoms. The molecule has 0 fully saturated rings. The molecule has 0 aliphatic carbocycles. The molecular weight excluding hydrogens is 283 g/mol. The molecule has 2 rings (SSSR count). The zero-order chi connectivity index (χ0) is 14.5. The first-order valence-electron chi connectivity index (χ1n) is 5.86. The van der Waals surface area contributed by atoms with Crippen molar-refractivity contribution in [2.24, 2.45) is 0 Å². The van der Waals surface area contributed by atoms with Gasteiger partial charge in [0.25, 0.3) is 0 Å². The van der Waals surface area contributed by atoms with Crippen molar-refractivity contribution >= 4 is 17.6 Å². The second-order valence-corrected chi connectivity index (χ2v) is 4.42. The van der Waals surface area contributed by atoms with Gasteiger partial charge in [-0.25, -0.2) is 9.18 Å². The summed E-state index contributed by atoms with van der Waals surface area (Å²) in [7, 11) is 1.32. The van der Waals surface area contributed by atoms with Crippen LogP contribution in [0.5, 0.6) is 5.75 Å². The van der Waals surface area contributed by atoms with Gasteiger partial charge in [0, 0.05) is 5.56 Å². The second-order valence-electron chi connectivity index (χ2n) is 4.01. The van der Waals surface area contributed by atoms with E-state index in [0.29, 0.717) is 16.9 Å². The predicted octanol–water partition coefficient (Wildman–Crippen LogP) is 3.84. The third-order valence-corrected chi connectivity index (χ3v) is 3.00. The molecule has 104 valence electrons. The van der Waals surface area contributed by atoms with Gasteiger partial charge in [0.2, 0.25) is 0 Å². The van der Waals surface area contributed by atoms with E-state index >= 15 is 0 Å². The van der Waals surface area contributed by atoms with Crippen molar-refractivity contribution in [3.05, 3.63) is 64.4 Å². The van der Waals surface area contributed by atoms with Crippen molar-refractivity contribution in [1.82, 2.24) is 0 Å². The van der Waals surface area contributed by atoms with Crippen molar-refractivity contribution in [3.8, 4) is 5.75 Å². The highest BCUT2D eigenvalue weighted by molar-refractivity contribution is 6.32. The van der Waals surface area contributed by atoms with Gasteiger partial charge in [-0.1, -0.05) is 29.8 Å². The summed E-state index contributed by atoms with van der Waals surface area (Å²) in [5, 5.41) is 0.181. The zero-order valence-corrected chi connectivity index (χ0v) is 11.5. The molecule has 0 unspecified atom stereocenters. The summed E-state index contributed by atoms with van der Waals surface area (Å²) in [5.41, 5.74) is 1.09. The Bertz CT molecular complexity index is 628. The van der Waals surface area contributed by atoms with Crippen LogP contribution in [-0.2, 0) is 11.3 Å². The average Bonchev–Trinajstić information content (AvgIpc) is 2.46. The summed E-state index contributed by atoms with van der Waals surface area (Å²) in [5.74, 6) is -0.514. The Labute approximate surface area is 120 Å². The lowest BCUT2D eigenvalue weighted by molar-refractivity contribution is 0.0598. The first kappa shape index (κ1) is 14.3. The fourth-order valence-corrected chi connectivity index (χ4v) is 1.92. The van der Waals surface area contributed by atoms with E-state index in [0.717, 1.165) is 0 Å². The van der Waals surface area contributed by atoms with Crippen molar-refractivity contribution in [2.45, 2.75) is 6.61 Å². The normalized spacial score (nSPS) is 10.2. The quantitative estimate of drug-likeness (QED) is 0.804. The molecule has 0 aliphatic heterocycles. The van der Waals surface area contributed by atoms with Crippen LogP contribution in [0.1, 0.15) is 15.9 Å². The van der Waals surface area contributed by atoms with Crippen LogP contribution in [0, 0.1) is 5.82 Å². The lowest BCUT2D eigenvalue weighted by Gasteiger charge is -2.10. The smallest absolute Gasteiger partial charge is 0.338 e. The Morgan fingerprint density at radius 2 is 2.00 bits per heavy atom. The molecule has 0 aliphatic rings. The number of ether oxygens (including phenoxy) is 2. The van der Waals surface area contributed by atoms with Crippen molar-refractivity contribution in [2.75, 3.05) is 7.11 Å². The number of halogens is 2. The van der Waals surface area contributed by atoms with E-state index in [1.54, 1.807) is 24.3 Å². The summed E-state index contributed by atoms with van der Waals surface area (Å²) in [4.78, 5) is 11.6. The maximum absolute atomic E-state index is 12.9. The maximum Gasteiger partial charge on any atom is 0.338 e. The molecule has 0 radical (unpaired) electrons. The minimum absolute atomic E-state index is 0.136. The van der Waals surface area contributed by atoms with Crippen LogP contribution < -0.4 is 4.74 Å². The van der Waals surface area contributed by atoms with Gasteiger partial charge in [-0.15, -0.1) is 0 Å². The fraction of sp³-hybridized carbons (Fsp3) is 0.133. The van der Waals surface area contributed by atoms with Gasteiger partial charge in [0.15, 0.2) is 0 Å². The number of methoxy groups -OCH3 is 1. The standard InChI is InChI=1S/C15H12ClFO3/c1-19-15(18)12-5-3-2-4-10(12)9-20-14-7-6-11(17)8-13(14)16/h2-8H,9H2,1H3. The highest BCUT2D eigenvalue weighted by Crippen LogP contribution is 2.26. The first-order valence-corrected chi connectivity index (χ1v) is 6.23. The van der Waals surface area contributed by atoms with Crippen LogP contribution in [0.15, 0.2) is 42.5 Å². The monoisotopic (exact) mass is 294 g/mol. The molecule has 0 saturated heterocycles. The van der Waals surface area contributed by atoms with Gasteiger partial charge in [-0.2, -0.15) is 0 Å². The average molecular weight is 295 g/mol. The molecule has 0 heterocycles. The van der Waals surface area contributed by atoms with E-state index in [1.807, 2.05) is 0 Å². The number of benzene rings is 2. The fourth-order valence-electron chi connectivity index (χ4n) is 1.70. The Kier molecular flexibility index (Phi) is 4.58. The Morgan fingerprint density at radius 1 is 1.25 bits per heavy atom. The summed E-state index contributed by atoms with van der Waals surface area (Å²) in [6.45, 7) is 0.136. The Morgan fingerprint density at radius 3 is 2.70 bits per heavy atom. The minimum atomic E-state index is -0.436. The molecule has 0 N–H and O–H groups in total. The molecular formula is C15H12ClFO3. The molecule has 0 aromatic heterocycles. The first-order chi connectivity index (χ1) is 9.61. The van der Waals surface area contributed by atoms with Gasteiger partial charge in [-0.05, 0) is 24.3 Å². The molecule has 0 bridgehead atoms. The lowest BCUT2D eigenvalue weighted by atomic mass is 10.1. The number of hydrogen-bond donors (Lipinski definition) is 0. The van der Waals surface area contributed by atoms with Gasteiger partial charge in [0.05, 0.1) is 17.7 Å². The van der Waals surface area contributed by atoms with E-state index in [9.17, 15) is 9.18 Å². The van der Waals surface area contributed by atoms with Crippen LogP contribution in [-0.4, -0.2) is 13.1 Å². The molecule has 2 aromatic carbocycles. The maximum atomic E-state index is 12.9. The van der Waals surface area contributed by atoms with E-state index in [4.69, 9.17) is 21.1 Å². The second kappa shape index (κ2) is 6.39. The number of rotatable bonds is 4. The van der Waals surface area contributed by atoms with Gasteiger partial charge in [0.1, 0.15) is 18.2 Å².